The Morgan fingerprint density at radius 2 is 2.19 bits per heavy atom. The first-order chi connectivity index (χ1) is 7.58. The summed E-state index contributed by atoms with van der Waals surface area (Å²) in [5.74, 6) is 0.311. The molecule has 0 saturated heterocycles. The van der Waals surface area contributed by atoms with Crippen molar-refractivity contribution in [2.24, 2.45) is 5.73 Å². The molecular weight excluding hydrogens is 198 g/mol. The van der Waals surface area contributed by atoms with E-state index in [0.717, 1.165) is 18.4 Å². The predicted molar refractivity (Wildman–Crippen MR) is 67.4 cm³/mol. The van der Waals surface area contributed by atoms with Crippen molar-refractivity contribution >= 4 is 5.78 Å². The summed E-state index contributed by atoms with van der Waals surface area (Å²) in [6.07, 6.45) is 3.04. The molecule has 1 aromatic rings. The number of rotatable bonds is 6. The van der Waals surface area contributed by atoms with E-state index in [9.17, 15) is 4.79 Å². The van der Waals surface area contributed by atoms with Crippen LogP contribution in [0.4, 0.5) is 0 Å². The van der Waals surface area contributed by atoms with Crippen molar-refractivity contribution in [3.63, 3.8) is 0 Å². The predicted octanol–water partition coefficient (Wildman–Crippen LogP) is 2.62. The molecule has 0 aliphatic heterocycles. The Labute approximate surface area is 97.9 Å². The summed E-state index contributed by atoms with van der Waals surface area (Å²) < 4.78 is 0. The fraction of sp³-hybridized carbons (Fsp3) is 0.500. The Hall–Kier alpha value is -1.15. The average molecular weight is 219 g/mol. The van der Waals surface area contributed by atoms with E-state index in [2.05, 4.69) is 6.07 Å². The Morgan fingerprint density at radius 3 is 2.81 bits per heavy atom. The van der Waals surface area contributed by atoms with Crippen LogP contribution >= 0.6 is 0 Å². The molecule has 88 valence electrons. The molecule has 0 aromatic heterocycles. The summed E-state index contributed by atoms with van der Waals surface area (Å²) in [6.45, 7) is 4.02. The number of nitrogens with two attached hydrogens (primary N) is 1. The van der Waals surface area contributed by atoms with Crippen molar-refractivity contribution in [1.29, 1.82) is 0 Å². The van der Waals surface area contributed by atoms with Crippen molar-refractivity contribution in [3.8, 4) is 0 Å². The van der Waals surface area contributed by atoms with Crippen LogP contribution in [-0.2, 0) is 11.2 Å². The Morgan fingerprint density at radius 1 is 1.44 bits per heavy atom. The van der Waals surface area contributed by atoms with Crippen LogP contribution < -0.4 is 5.73 Å². The topological polar surface area (TPSA) is 43.1 Å². The molecule has 0 amide bonds. The second-order valence-electron chi connectivity index (χ2n) is 4.57. The number of carbonyl (C=O) groups excluding carboxylic acids is 1. The van der Waals surface area contributed by atoms with Gasteiger partial charge in [-0.3, -0.25) is 4.79 Å². The Balaban J connectivity index is 2.34. The van der Waals surface area contributed by atoms with Crippen molar-refractivity contribution in [3.05, 3.63) is 35.4 Å². The molecule has 0 bridgehead atoms. The Bertz CT molecular complexity index is 344. The third-order valence-electron chi connectivity index (χ3n) is 2.60. The van der Waals surface area contributed by atoms with Gasteiger partial charge in [-0.25, -0.2) is 0 Å². The van der Waals surface area contributed by atoms with Gasteiger partial charge in [0.1, 0.15) is 5.78 Å². The van der Waals surface area contributed by atoms with E-state index in [1.807, 2.05) is 32.0 Å². The number of ketones is 1. The zero-order valence-corrected chi connectivity index (χ0v) is 10.2. The molecule has 16 heavy (non-hydrogen) atoms. The number of hydrogen-bond donors (Lipinski definition) is 1. The molecule has 0 aliphatic carbocycles. The summed E-state index contributed by atoms with van der Waals surface area (Å²) in [5.41, 5.74) is 7.97. The van der Waals surface area contributed by atoms with Gasteiger partial charge in [-0.15, -0.1) is 0 Å². The fourth-order valence-corrected chi connectivity index (χ4v) is 1.76. The third kappa shape index (κ3) is 5.08. The summed E-state index contributed by atoms with van der Waals surface area (Å²) >= 11 is 0. The number of benzene rings is 1. The molecule has 2 nitrogen and oxygen atoms in total. The first kappa shape index (κ1) is 12.9. The highest BCUT2D eigenvalue weighted by Crippen LogP contribution is 2.08. The quantitative estimate of drug-likeness (QED) is 0.799. The van der Waals surface area contributed by atoms with Gasteiger partial charge >= 0.3 is 0 Å². The minimum atomic E-state index is 0.201. The molecular formula is C14H21NO. The first-order valence-corrected chi connectivity index (χ1v) is 5.91. The van der Waals surface area contributed by atoms with E-state index in [-0.39, 0.29) is 6.04 Å². The van der Waals surface area contributed by atoms with Crippen LogP contribution in [0, 0.1) is 6.92 Å². The SMILES string of the molecule is Cc1cccc(CC(=O)CCCC(C)N)c1. The first-order valence-electron chi connectivity index (χ1n) is 5.91. The highest BCUT2D eigenvalue weighted by atomic mass is 16.1. The Kier molecular flexibility index (Phi) is 5.20. The van der Waals surface area contributed by atoms with E-state index >= 15 is 0 Å². The van der Waals surface area contributed by atoms with Gasteiger partial charge in [-0.2, -0.15) is 0 Å². The van der Waals surface area contributed by atoms with Crippen molar-refractivity contribution in [1.82, 2.24) is 0 Å². The average Bonchev–Trinajstić information content (AvgIpc) is 2.16. The molecule has 2 N–H and O–H groups in total. The summed E-state index contributed by atoms with van der Waals surface area (Å²) in [4.78, 5) is 11.7. The molecule has 0 spiro atoms. The molecule has 0 fully saturated rings. The lowest BCUT2D eigenvalue weighted by molar-refractivity contribution is -0.118. The molecule has 0 radical (unpaired) electrons. The summed E-state index contributed by atoms with van der Waals surface area (Å²) in [5, 5.41) is 0. The summed E-state index contributed by atoms with van der Waals surface area (Å²) in [7, 11) is 0. The second kappa shape index (κ2) is 6.44. The molecule has 1 rings (SSSR count). The minimum absolute atomic E-state index is 0.201. The zero-order valence-electron chi connectivity index (χ0n) is 10.2. The number of aryl methyl sites for hydroxylation is 1. The van der Waals surface area contributed by atoms with Crippen LogP contribution in [0.3, 0.4) is 0 Å². The van der Waals surface area contributed by atoms with Crippen LogP contribution in [0.15, 0.2) is 24.3 Å². The van der Waals surface area contributed by atoms with Gasteiger partial charge in [-0.1, -0.05) is 29.8 Å². The maximum Gasteiger partial charge on any atom is 0.137 e. The van der Waals surface area contributed by atoms with E-state index in [4.69, 9.17) is 5.73 Å². The summed E-state index contributed by atoms with van der Waals surface area (Å²) in [6, 6.07) is 8.33. The lowest BCUT2D eigenvalue weighted by Gasteiger charge is -2.04. The normalized spacial score (nSPS) is 12.4. The van der Waals surface area contributed by atoms with Crippen molar-refractivity contribution in [2.45, 2.75) is 45.6 Å². The van der Waals surface area contributed by atoms with Crippen LogP contribution in [0.1, 0.15) is 37.3 Å². The van der Waals surface area contributed by atoms with E-state index in [0.29, 0.717) is 18.6 Å². The molecule has 0 saturated carbocycles. The second-order valence-corrected chi connectivity index (χ2v) is 4.57. The molecule has 0 heterocycles. The number of hydrogen-bond acceptors (Lipinski definition) is 2. The van der Waals surface area contributed by atoms with E-state index in [1.54, 1.807) is 0 Å². The molecule has 1 atom stereocenters. The van der Waals surface area contributed by atoms with Crippen molar-refractivity contribution < 1.29 is 4.79 Å². The van der Waals surface area contributed by atoms with Crippen molar-refractivity contribution in [2.75, 3.05) is 0 Å². The number of Topliss-reactive ketones (excluding diaryl/α,β-unsaturated/α-hetero) is 1. The lowest BCUT2D eigenvalue weighted by atomic mass is 10.0. The van der Waals surface area contributed by atoms with Crippen LogP contribution in [-0.4, -0.2) is 11.8 Å². The minimum Gasteiger partial charge on any atom is -0.328 e. The lowest BCUT2D eigenvalue weighted by Crippen LogP contribution is -2.15. The van der Waals surface area contributed by atoms with Crippen LogP contribution in [0.5, 0.6) is 0 Å². The maximum atomic E-state index is 11.7. The molecule has 1 aromatic carbocycles. The largest absolute Gasteiger partial charge is 0.328 e. The van der Waals surface area contributed by atoms with Gasteiger partial charge in [0.05, 0.1) is 0 Å². The van der Waals surface area contributed by atoms with Crippen LogP contribution in [0.25, 0.3) is 0 Å². The smallest absolute Gasteiger partial charge is 0.137 e. The van der Waals surface area contributed by atoms with E-state index in [1.165, 1.54) is 5.56 Å². The van der Waals surface area contributed by atoms with Gasteiger partial charge in [0.2, 0.25) is 0 Å². The number of carbonyl (C=O) groups is 1. The molecule has 0 aliphatic rings. The zero-order chi connectivity index (χ0) is 12.0. The highest BCUT2D eigenvalue weighted by Gasteiger charge is 2.04. The van der Waals surface area contributed by atoms with Gasteiger partial charge in [0, 0.05) is 18.9 Å². The van der Waals surface area contributed by atoms with Gasteiger partial charge in [0.15, 0.2) is 0 Å². The van der Waals surface area contributed by atoms with E-state index < -0.39 is 0 Å². The standard InChI is InChI=1S/C14H21NO/c1-11-5-3-7-13(9-11)10-14(16)8-4-6-12(2)15/h3,5,7,9,12H,4,6,8,10,15H2,1-2H3. The van der Waals surface area contributed by atoms with Gasteiger partial charge < -0.3 is 5.73 Å². The molecule has 2 heteroatoms. The molecule has 1 unspecified atom stereocenters. The van der Waals surface area contributed by atoms with Crippen LogP contribution in [0.2, 0.25) is 0 Å². The van der Waals surface area contributed by atoms with Gasteiger partial charge in [0.25, 0.3) is 0 Å². The van der Waals surface area contributed by atoms with Gasteiger partial charge in [-0.05, 0) is 32.3 Å². The monoisotopic (exact) mass is 219 g/mol. The highest BCUT2D eigenvalue weighted by molar-refractivity contribution is 5.80. The fourth-order valence-electron chi connectivity index (χ4n) is 1.76. The maximum absolute atomic E-state index is 11.7. The third-order valence-corrected chi connectivity index (χ3v) is 2.60.